The number of fused-ring (bicyclic) bond motifs is 1. The van der Waals surface area contributed by atoms with Gasteiger partial charge in [0, 0.05) is 11.1 Å². The molecule has 0 aliphatic carbocycles. The van der Waals surface area contributed by atoms with Crippen LogP contribution in [0.4, 0.5) is 4.39 Å². The number of nitrogens with zero attached hydrogens (tertiary/aromatic N) is 1. The lowest BCUT2D eigenvalue weighted by atomic mass is 10.2. The van der Waals surface area contributed by atoms with Crippen LogP contribution in [0.1, 0.15) is 5.69 Å². The maximum Gasteiger partial charge on any atom is 0.165 e. The summed E-state index contributed by atoms with van der Waals surface area (Å²) < 4.78 is 14.2. The molecule has 0 aliphatic heterocycles. The van der Waals surface area contributed by atoms with Crippen molar-refractivity contribution >= 4 is 10.9 Å². The summed E-state index contributed by atoms with van der Waals surface area (Å²) >= 11 is 0. The predicted octanol–water partition coefficient (Wildman–Crippen LogP) is 2.13. The Labute approximate surface area is 80.8 Å². The molecule has 0 atom stereocenters. The van der Waals surface area contributed by atoms with Gasteiger partial charge >= 0.3 is 0 Å². The fourth-order valence-corrected chi connectivity index (χ4v) is 1.65. The molecule has 3 nitrogen and oxygen atoms in total. The number of aromatic nitrogens is 1. The van der Waals surface area contributed by atoms with Crippen LogP contribution in [0.2, 0.25) is 0 Å². The quantitative estimate of drug-likeness (QED) is 0.744. The molecule has 2 rings (SSSR count). The molecular formula is C10H11FN2O. The van der Waals surface area contributed by atoms with E-state index in [4.69, 9.17) is 10.7 Å². The Balaban J connectivity index is 2.79. The molecule has 0 saturated carbocycles. The minimum atomic E-state index is -0.538. The summed E-state index contributed by atoms with van der Waals surface area (Å²) in [5.41, 5.74) is 1.65. The first-order valence-corrected chi connectivity index (χ1v) is 4.29. The Morgan fingerprint density at radius 2 is 2.29 bits per heavy atom. The van der Waals surface area contributed by atoms with Crippen LogP contribution in [0.25, 0.3) is 10.9 Å². The third-order valence-electron chi connectivity index (χ3n) is 2.36. The first-order chi connectivity index (χ1) is 6.77. The average molecular weight is 194 g/mol. The van der Waals surface area contributed by atoms with Crippen LogP contribution >= 0.6 is 0 Å². The molecule has 1 heterocycles. The topological polar surface area (TPSA) is 40.2 Å². The highest BCUT2D eigenvalue weighted by atomic mass is 19.1. The van der Waals surface area contributed by atoms with Crippen molar-refractivity contribution in [2.75, 3.05) is 0 Å². The summed E-state index contributed by atoms with van der Waals surface area (Å²) in [5.74, 6) is 5.68. The van der Waals surface area contributed by atoms with Crippen LogP contribution in [0.15, 0.2) is 24.3 Å². The zero-order valence-electron chi connectivity index (χ0n) is 7.83. The summed E-state index contributed by atoms with van der Waals surface area (Å²) in [4.78, 5) is 4.70. The lowest BCUT2D eigenvalue weighted by Crippen LogP contribution is -2.02. The average Bonchev–Trinajstić information content (AvgIpc) is 2.52. The van der Waals surface area contributed by atoms with Gasteiger partial charge in [-0.2, -0.15) is 5.90 Å². The van der Waals surface area contributed by atoms with Crippen LogP contribution in [0.5, 0.6) is 5.75 Å². The molecule has 2 aromatic rings. The number of nitrogens with two attached hydrogens (primary N) is 1. The molecule has 0 spiro atoms. The summed E-state index contributed by atoms with van der Waals surface area (Å²) in [5, 5.41) is 0.838. The highest BCUT2D eigenvalue weighted by molar-refractivity contribution is 5.87. The van der Waals surface area contributed by atoms with Crippen LogP contribution < -0.4 is 10.7 Å². The van der Waals surface area contributed by atoms with Gasteiger partial charge in [-0.15, -0.1) is 0 Å². The molecule has 2 N–H and O–H groups in total. The molecule has 4 heteroatoms. The highest BCUT2D eigenvalue weighted by Gasteiger charge is 2.08. The molecule has 0 fully saturated rings. The van der Waals surface area contributed by atoms with E-state index in [1.54, 1.807) is 16.7 Å². The SMILES string of the molecule is Cc1cc2c(ON)cccc2n1CF. The van der Waals surface area contributed by atoms with Crippen molar-refractivity contribution in [3.63, 3.8) is 0 Å². The highest BCUT2D eigenvalue weighted by Crippen LogP contribution is 2.27. The molecule has 0 bridgehead atoms. The Morgan fingerprint density at radius 3 is 2.93 bits per heavy atom. The van der Waals surface area contributed by atoms with Gasteiger partial charge in [0.25, 0.3) is 0 Å². The second-order valence-electron chi connectivity index (χ2n) is 3.14. The third kappa shape index (κ3) is 1.15. The fourth-order valence-electron chi connectivity index (χ4n) is 1.65. The van der Waals surface area contributed by atoms with E-state index in [0.29, 0.717) is 5.75 Å². The molecule has 0 amide bonds. The van der Waals surface area contributed by atoms with Gasteiger partial charge in [0.05, 0.1) is 5.52 Å². The van der Waals surface area contributed by atoms with Gasteiger partial charge in [0.2, 0.25) is 0 Å². The Kier molecular flexibility index (Phi) is 2.13. The van der Waals surface area contributed by atoms with Crippen molar-refractivity contribution in [2.24, 2.45) is 5.90 Å². The van der Waals surface area contributed by atoms with E-state index in [-0.39, 0.29) is 0 Å². The molecule has 0 radical (unpaired) electrons. The van der Waals surface area contributed by atoms with Gasteiger partial charge in [0.1, 0.15) is 0 Å². The van der Waals surface area contributed by atoms with Crippen LogP contribution in [-0.4, -0.2) is 4.57 Å². The van der Waals surface area contributed by atoms with Gasteiger partial charge in [-0.05, 0) is 25.1 Å². The zero-order chi connectivity index (χ0) is 10.1. The number of hydrogen-bond acceptors (Lipinski definition) is 2. The summed E-state index contributed by atoms with van der Waals surface area (Å²) in [6.45, 7) is 1.31. The first kappa shape index (κ1) is 9.02. The summed E-state index contributed by atoms with van der Waals surface area (Å²) in [6.07, 6.45) is 0. The minimum Gasteiger partial charge on any atom is -0.411 e. The van der Waals surface area contributed by atoms with E-state index in [1.807, 2.05) is 19.1 Å². The standard InChI is InChI=1S/C10H11FN2O/c1-7-5-8-9(13(7)6-11)3-2-4-10(8)14-12/h2-5H,6,12H2,1H3. The van der Waals surface area contributed by atoms with E-state index < -0.39 is 6.80 Å². The van der Waals surface area contributed by atoms with E-state index in [0.717, 1.165) is 16.6 Å². The number of rotatable bonds is 2. The molecule has 1 aromatic carbocycles. The van der Waals surface area contributed by atoms with Gasteiger partial charge in [-0.3, -0.25) is 0 Å². The van der Waals surface area contributed by atoms with E-state index >= 15 is 0 Å². The fraction of sp³-hybridized carbons (Fsp3) is 0.200. The summed E-state index contributed by atoms with van der Waals surface area (Å²) in [7, 11) is 0. The zero-order valence-corrected chi connectivity index (χ0v) is 7.83. The van der Waals surface area contributed by atoms with Gasteiger partial charge in [0.15, 0.2) is 12.5 Å². The van der Waals surface area contributed by atoms with Crippen molar-refractivity contribution in [1.29, 1.82) is 0 Å². The normalized spacial score (nSPS) is 10.8. The molecular weight excluding hydrogens is 183 g/mol. The predicted molar refractivity (Wildman–Crippen MR) is 52.6 cm³/mol. The number of halogens is 1. The smallest absolute Gasteiger partial charge is 0.165 e. The Morgan fingerprint density at radius 1 is 1.50 bits per heavy atom. The van der Waals surface area contributed by atoms with Crippen LogP contribution in [0, 0.1) is 6.92 Å². The van der Waals surface area contributed by atoms with Crippen molar-refractivity contribution in [3.05, 3.63) is 30.0 Å². The third-order valence-corrected chi connectivity index (χ3v) is 2.36. The number of aryl methyl sites for hydroxylation is 1. The number of hydrogen-bond donors (Lipinski definition) is 1. The van der Waals surface area contributed by atoms with Crippen molar-refractivity contribution in [3.8, 4) is 5.75 Å². The van der Waals surface area contributed by atoms with E-state index in [2.05, 4.69) is 0 Å². The molecule has 0 saturated heterocycles. The molecule has 74 valence electrons. The lowest BCUT2D eigenvalue weighted by molar-refractivity contribution is 0.338. The minimum absolute atomic E-state index is 0.538. The van der Waals surface area contributed by atoms with Crippen LogP contribution in [0.3, 0.4) is 0 Å². The maximum atomic E-state index is 12.7. The summed E-state index contributed by atoms with van der Waals surface area (Å²) in [6, 6.07) is 7.24. The Hall–Kier alpha value is -1.55. The second kappa shape index (κ2) is 3.31. The first-order valence-electron chi connectivity index (χ1n) is 4.29. The monoisotopic (exact) mass is 194 g/mol. The molecule has 14 heavy (non-hydrogen) atoms. The van der Waals surface area contributed by atoms with Gasteiger partial charge in [-0.1, -0.05) is 6.07 Å². The van der Waals surface area contributed by atoms with E-state index in [1.165, 1.54) is 0 Å². The van der Waals surface area contributed by atoms with Crippen molar-refractivity contribution in [1.82, 2.24) is 4.57 Å². The molecule has 0 unspecified atom stereocenters. The number of alkyl halides is 1. The van der Waals surface area contributed by atoms with Crippen LogP contribution in [-0.2, 0) is 6.80 Å². The van der Waals surface area contributed by atoms with E-state index in [9.17, 15) is 4.39 Å². The second-order valence-corrected chi connectivity index (χ2v) is 3.14. The Bertz CT molecular complexity index is 464. The van der Waals surface area contributed by atoms with Crippen molar-refractivity contribution in [2.45, 2.75) is 13.7 Å². The molecule has 0 aliphatic rings. The van der Waals surface area contributed by atoms with Gasteiger partial charge < -0.3 is 9.40 Å². The number of benzene rings is 1. The lowest BCUT2D eigenvalue weighted by Gasteiger charge is -2.02. The molecule has 1 aromatic heterocycles. The maximum absolute atomic E-state index is 12.7. The van der Waals surface area contributed by atoms with Crippen molar-refractivity contribution < 1.29 is 9.23 Å². The van der Waals surface area contributed by atoms with Gasteiger partial charge in [-0.25, -0.2) is 4.39 Å². The largest absolute Gasteiger partial charge is 0.411 e.